The molecule has 0 N–H and O–H groups in total. The average molecular weight is 231 g/mol. The van der Waals surface area contributed by atoms with Crippen molar-refractivity contribution in [2.45, 2.75) is 19.8 Å². The van der Waals surface area contributed by atoms with Crippen LogP contribution < -0.4 is 0 Å². The minimum absolute atomic E-state index is 0.262. The van der Waals surface area contributed by atoms with Gasteiger partial charge in [0.15, 0.2) is 0 Å². The van der Waals surface area contributed by atoms with Crippen molar-refractivity contribution in [3.8, 4) is 17.5 Å². The minimum atomic E-state index is -0.262. The molecular weight excluding hydrogens is 221 g/mol. The van der Waals surface area contributed by atoms with Gasteiger partial charge >= 0.3 is 0 Å². The zero-order chi connectivity index (χ0) is 12.3. The Morgan fingerprint density at radius 3 is 3.00 bits per heavy atom. The highest BCUT2D eigenvalue weighted by Crippen LogP contribution is 2.19. The van der Waals surface area contributed by atoms with E-state index in [1.165, 1.54) is 6.07 Å². The minimum Gasteiger partial charge on any atom is -0.339 e. The molecule has 0 aliphatic carbocycles. The lowest BCUT2D eigenvalue weighted by Gasteiger charge is -1.97. The number of aromatic nitrogens is 2. The molecule has 0 bridgehead atoms. The summed E-state index contributed by atoms with van der Waals surface area (Å²) >= 11 is 0. The summed E-state index contributed by atoms with van der Waals surface area (Å²) in [5.74, 6) is 0.575. The molecule has 0 saturated heterocycles. The van der Waals surface area contributed by atoms with Gasteiger partial charge in [-0.2, -0.15) is 10.2 Å². The monoisotopic (exact) mass is 231 g/mol. The Morgan fingerprint density at radius 2 is 2.29 bits per heavy atom. The van der Waals surface area contributed by atoms with Gasteiger partial charge in [0.25, 0.3) is 0 Å². The highest BCUT2D eigenvalue weighted by atomic mass is 19.1. The highest BCUT2D eigenvalue weighted by Gasteiger charge is 2.09. The normalized spacial score (nSPS) is 10.2. The lowest BCUT2D eigenvalue weighted by molar-refractivity contribution is 0.380. The lowest BCUT2D eigenvalue weighted by Crippen LogP contribution is -1.87. The van der Waals surface area contributed by atoms with Crippen molar-refractivity contribution in [3.63, 3.8) is 0 Å². The molecule has 86 valence electrons. The Labute approximate surface area is 97.7 Å². The summed E-state index contributed by atoms with van der Waals surface area (Å²) < 4.78 is 18.1. The van der Waals surface area contributed by atoms with Crippen LogP contribution in [0.25, 0.3) is 11.4 Å². The number of rotatable bonds is 3. The van der Waals surface area contributed by atoms with Crippen molar-refractivity contribution in [3.05, 3.63) is 35.5 Å². The number of nitriles is 1. The molecule has 0 radical (unpaired) electrons. The van der Waals surface area contributed by atoms with Crippen LogP contribution in [-0.2, 0) is 6.42 Å². The molecule has 0 saturated carbocycles. The molecule has 0 amide bonds. The van der Waals surface area contributed by atoms with E-state index >= 15 is 0 Å². The molecule has 5 heteroatoms. The number of nitrogens with zero attached hydrogens (tertiary/aromatic N) is 3. The molecule has 0 aliphatic rings. The second-order valence-corrected chi connectivity index (χ2v) is 3.63. The zero-order valence-corrected chi connectivity index (χ0v) is 9.27. The van der Waals surface area contributed by atoms with Gasteiger partial charge in [0, 0.05) is 18.4 Å². The summed E-state index contributed by atoms with van der Waals surface area (Å²) in [6.45, 7) is 1.68. The first-order chi connectivity index (χ1) is 8.20. The van der Waals surface area contributed by atoms with Gasteiger partial charge in [-0.1, -0.05) is 5.16 Å². The van der Waals surface area contributed by atoms with Gasteiger partial charge in [-0.25, -0.2) is 4.39 Å². The first-order valence-corrected chi connectivity index (χ1v) is 5.17. The molecule has 2 aromatic rings. The van der Waals surface area contributed by atoms with Crippen LogP contribution in [0.15, 0.2) is 22.7 Å². The summed E-state index contributed by atoms with van der Waals surface area (Å²) in [6.07, 6.45) is 0.772. The number of halogens is 1. The van der Waals surface area contributed by atoms with Crippen molar-refractivity contribution in [2.24, 2.45) is 0 Å². The Kier molecular flexibility index (Phi) is 3.15. The summed E-state index contributed by atoms with van der Waals surface area (Å²) in [4.78, 5) is 4.14. The summed E-state index contributed by atoms with van der Waals surface area (Å²) in [6, 6.07) is 6.63. The third kappa shape index (κ3) is 2.48. The van der Waals surface area contributed by atoms with Crippen LogP contribution in [0, 0.1) is 24.1 Å². The fourth-order valence-electron chi connectivity index (χ4n) is 1.42. The van der Waals surface area contributed by atoms with E-state index in [1.54, 1.807) is 19.1 Å². The quantitative estimate of drug-likeness (QED) is 0.814. The molecule has 1 aromatic carbocycles. The van der Waals surface area contributed by atoms with Crippen molar-refractivity contribution >= 4 is 0 Å². The van der Waals surface area contributed by atoms with Crippen LogP contribution in [0.1, 0.15) is 17.9 Å². The van der Waals surface area contributed by atoms with Crippen molar-refractivity contribution in [1.29, 1.82) is 5.26 Å². The highest BCUT2D eigenvalue weighted by molar-refractivity contribution is 5.55. The van der Waals surface area contributed by atoms with Crippen molar-refractivity contribution in [1.82, 2.24) is 10.1 Å². The predicted molar refractivity (Wildman–Crippen MR) is 58.4 cm³/mol. The molecule has 0 unspecified atom stereocenters. The fourth-order valence-corrected chi connectivity index (χ4v) is 1.42. The first-order valence-electron chi connectivity index (χ1n) is 5.17. The zero-order valence-electron chi connectivity index (χ0n) is 9.27. The van der Waals surface area contributed by atoms with Crippen molar-refractivity contribution in [2.75, 3.05) is 0 Å². The first kappa shape index (κ1) is 11.3. The summed E-state index contributed by atoms with van der Waals surface area (Å²) in [5, 5.41) is 12.2. The molecule has 0 atom stereocenters. The number of benzene rings is 1. The standard InChI is InChI=1S/C12H10FN3O/c1-8-7-9(4-5-10(8)13)12-15-11(17-16-12)3-2-6-14/h4-5,7H,2-3H2,1H3. The van der Waals surface area contributed by atoms with E-state index in [0.29, 0.717) is 35.7 Å². The fraction of sp³-hybridized carbons (Fsp3) is 0.250. The van der Waals surface area contributed by atoms with Crippen LogP contribution in [0.4, 0.5) is 4.39 Å². The topological polar surface area (TPSA) is 62.7 Å². The largest absolute Gasteiger partial charge is 0.339 e. The van der Waals surface area contributed by atoms with Gasteiger partial charge in [0.2, 0.25) is 11.7 Å². The van der Waals surface area contributed by atoms with E-state index in [1.807, 2.05) is 6.07 Å². The Hall–Kier alpha value is -2.22. The lowest BCUT2D eigenvalue weighted by atomic mass is 10.1. The molecule has 1 aromatic heterocycles. The van der Waals surface area contributed by atoms with E-state index in [9.17, 15) is 4.39 Å². The molecule has 0 fully saturated rings. The maximum absolute atomic E-state index is 13.1. The van der Waals surface area contributed by atoms with Gasteiger partial charge < -0.3 is 4.52 Å². The summed E-state index contributed by atoms with van der Waals surface area (Å²) in [7, 11) is 0. The third-order valence-electron chi connectivity index (χ3n) is 2.33. The second-order valence-electron chi connectivity index (χ2n) is 3.63. The molecule has 4 nitrogen and oxygen atoms in total. The average Bonchev–Trinajstić information content (AvgIpc) is 2.79. The van der Waals surface area contributed by atoms with E-state index in [2.05, 4.69) is 10.1 Å². The van der Waals surface area contributed by atoms with Crippen LogP contribution in [0.5, 0.6) is 0 Å². The number of hydrogen-bond donors (Lipinski definition) is 0. The van der Waals surface area contributed by atoms with Gasteiger partial charge in [-0.3, -0.25) is 0 Å². The number of hydrogen-bond acceptors (Lipinski definition) is 4. The van der Waals surface area contributed by atoms with Gasteiger partial charge in [0.05, 0.1) is 6.07 Å². The van der Waals surface area contributed by atoms with E-state index in [4.69, 9.17) is 9.78 Å². The second kappa shape index (κ2) is 4.74. The van der Waals surface area contributed by atoms with E-state index < -0.39 is 0 Å². The van der Waals surface area contributed by atoms with Crippen molar-refractivity contribution < 1.29 is 8.91 Å². The van der Waals surface area contributed by atoms with Gasteiger partial charge in [-0.05, 0) is 30.7 Å². The Morgan fingerprint density at radius 1 is 1.47 bits per heavy atom. The van der Waals surface area contributed by atoms with Gasteiger partial charge in [-0.15, -0.1) is 0 Å². The smallest absolute Gasteiger partial charge is 0.227 e. The van der Waals surface area contributed by atoms with E-state index in [0.717, 1.165) is 0 Å². The van der Waals surface area contributed by atoms with Crippen LogP contribution in [0.3, 0.4) is 0 Å². The molecule has 2 rings (SSSR count). The molecule has 17 heavy (non-hydrogen) atoms. The third-order valence-corrected chi connectivity index (χ3v) is 2.33. The molecule has 0 aliphatic heterocycles. The Balaban J connectivity index is 2.25. The number of aryl methyl sites for hydroxylation is 2. The van der Waals surface area contributed by atoms with E-state index in [-0.39, 0.29) is 5.82 Å². The summed E-state index contributed by atoms with van der Waals surface area (Å²) in [5.41, 5.74) is 1.24. The van der Waals surface area contributed by atoms with Crippen LogP contribution >= 0.6 is 0 Å². The van der Waals surface area contributed by atoms with Gasteiger partial charge in [0.1, 0.15) is 5.82 Å². The van der Waals surface area contributed by atoms with Crippen LogP contribution in [-0.4, -0.2) is 10.1 Å². The molecule has 1 heterocycles. The maximum Gasteiger partial charge on any atom is 0.227 e. The molecule has 0 spiro atoms. The predicted octanol–water partition coefficient (Wildman–Crippen LogP) is 2.64. The maximum atomic E-state index is 13.1. The Bertz CT molecular complexity index is 571. The SMILES string of the molecule is Cc1cc(-c2noc(CCC#N)n2)ccc1F. The molecular formula is C12H10FN3O. The van der Waals surface area contributed by atoms with Crippen LogP contribution in [0.2, 0.25) is 0 Å².